The number of benzene rings is 1. The van der Waals surface area contributed by atoms with Crippen LogP contribution in [0.5, 0.6) is 0 Å². The summed E-state index contributed by atoms with van der Waals surface area (Å²) in [5, 5.41) is 6.27. The van der Waals surface area contributed by atoms with Crippen LogP contribution < -0.4 is 10.6 Å². The van der Waals surface area contributed by atoms with Gasteiger partial charge in [-0.2, -0.15) is 0 Å². The van der Waals surface area contributed by atoms with E-state index in [4.69, 9.17) is 0 Å². The summed E-state index contributed by atoms with van der Waals surface area (Å²) in [5.74, 6) is 0.773. The minimum atomic E-state index is 0.0450. The quantitative estimate of drug-likeness (QED) is 0.716. The molecule has 0 bridgehead atoms. The van der Waals surface area contributed by atoms with E-state index < -0.39 is 0 Å². The molecule has 0 atom stereocenters. The fourth-order valence-corrected chi connectivity index (χ4v) is 2.89. The topological polar surface area (TPSA) is 71.3 Å². The summed E-state index contributed by atoms with van der Waals surface area (Å²) >= 11 is 0. The highest BCUT2D eigenvalue weighted by Gasteiger charge is 2.07. The van der Waals surface area contributed by atoms with Crippen LogP contribution in [0.4, 0.5) is 5.69 Å². The lowest BCUT2D eigenvalue weighted by Crippen LogP contribution is -2.31. The minimum Gasteiger partial charge on any atom is -0.379 e. The third kappa shape index (κ3) is 4.39. The highest BCUT2D eigenvalue weighted by Crippen LogP contribution is 2.13. The monoisotopic (exact) mass is 351 g/mol. The highest BCUT2D eigenvalue weighted by molar-refractivity contribution is 5.78. The Morgan fingerprint density at radius 1 is 1.15 bits per heavy atom. The van der Waals surface area contributed by atoms with Crippen molar-refractivity contribution in [1.82, 2.24) is 19.7 Å². The zero-order valence-electron chi connectivity index (χ0n) is 15.7. The second kappa shape index (κ2) is 7.56. The number of carbonyl (C=O) groups is 1. The Morgan fingerprint density at radius 3 is 2.58 bits per heavy atom. The molecule has 1 aromatic carbocycles. The van der Waals surface area contributed by atoms with E-state index in [1.165, 1.54) is 0 Å². The number of aryl methyl sites for hydroxylation is 2. The van der Waals surface area contributed by atoms with Gasteiger partial charge < -0.3 is 10.6 Å². The number of rotatable bonds is 6. The number of aromatic nitrogens is 3. The Balaban J connectivity index is 1.61. The van der Waals surface area contributed by atoms with Gasteiger partial charge in [-0.15, -0.1) is 0 Å². The molecular weight excluding hydrogens is 326 g/mol. The molecule has 0 fully saturated rings. The number of imidazole rings is 1. The summed E-state index contributed by atoms with van der Waals surface area (Å²) in [6.07, 6.45) is 2.41. The Morgan fingerprint density at radius 2 is 1.88 bits per heavy atom. The molecule has 2 N–H and O–H groups in total. The lowest BCUT2D eigenvalue weighted by atomic mass is 10.1. The maximum atomic E-state index is 11.8. The van der Waals surface area contributed by atoms with Crippen LogP contribution in [0, 0.1) is 13.8 Å². The molecule has 0 aliphatic carbocycles. The van der Waals surface area contributed by atoms with Crippen molar-refractivity contribution in [3.8, 4) is 0 Å². The van der Waals surface area contributed by atoms with E-state index in [9.17, 15) is 4.79 Å². The first kappa shape index (κ1) is 17.9. The average molecular weight is 351 g/mol. The normalized spacial score (nSPS) is 11.1. The minimum absolute atomic E-state index is 0.0450. The molecule has 6 nitrogen and oxygen atoms in total. The highest BCUT2D eigenvalue weighted by atomic mass is 16.1. The van der Waals surface area contributed by atoms with Crippen molar-refractivity contribution in [3.63, 3.8) is 0 Å². The van der Waals surface area contributed by atoms with Crippen molar-refractivity contribution in [2.75, 3.05) is 5.32 Å². The SMILES string of the molecule is Cc1cc(C)n2cc(CNc3ccc(CC(=O)NC(C)C)cc3)nc2n1. The summed E-state index contributed by atoms with van der Waals surface area (Å²) < 4.78 is 2.00. The molecule has 0 aliphatic rings. The van der Waals surface area contributed by atoms with Crippen molar-refractivity contribution in [1.29, 1.82) is 0 Å². The third-order valence-electron chi connectivity index (χ3n) is 4.05. The number of nitrogens with one attached hydrogen (secondary N) is 2. The molecule has 1 amide bonds. The Labute approximate surface area is 153 Å². The van der Waals surface area contributed by atoms with Crippen LogP contribution in [0.1, 0.15) is 36.5 Å². The summed E-state index contributed by atoms with van der Waals surface area (Å²) in [6.45, 7) is 8.57. The van der Waals surface area contributed by atoms with Gasteiger partial charge in [0.25, 0.3) is 0 Å². The van der Waals surface area contributed by atoms with Crippen LogP contribution >= 0.6 is 0 Å². The van der Waals surface area contributed by atoms with E-state index in [-0.39, 0.29) is 11.9 Å². The van der Waals surface area contributed by atoms with E-state index in [0.29, 0.717) is 13.0 Å². The van der Waals surface area contributed by atoms with E-state index in [1.54, 1.807) is 0 Å². The zero-order valence-corrected chi connectivity index (χ0v) is 15.7. The first-order valence-electron chi connectivity index (χ1n) is 8.85. The molecule has 136 valence electrons. The van der Waals surface area contributed by atoms with Gasteiger partial charge in [0.2, 0.25) is 11.7 Å². The fourth-order valence-electron chi connectivity index (χ4n) is 2.89. The molecule has 0 radical (unpaired) electrons. The smallest absolute Gasteiger partial charge is 0.234 e. The third-order valence-corrected chi connectivity index (χ3v) is 4.05. The van der Waals surface area contributed by atoms with Crippen LogP contribution in [0.25, 0.3) is 5.78 Å². The number of nitrogens with zero attached hydrogens (tertiary/aromatic N) is 3. The van der Waals surface area contributed by atoms with Gasteiger partial charge in [0.05, 0.1) is 18.7 Å². The van der Waals surface area contributed by atoms with Gasteiger partial charge in [-0.1, -0.05) is 12.1 Å². The molecule has 0 saturated heterocycles. The Kier molecular flexibility index (Phi) is 5.21. The maximum absolute atomic E-state index is 11.8. The summed E-state index contributed by atoms with van der Waals surface area (Å²) in [4.78, 5) is 20.8. The molecule has 3 aromatic rings. The van der Waals surface area contributed by atoms with Gasteiger partial charge in [-0.3, -0.25) is 9.20 Å². The second-order valence-corrected chi connectivity index (χ2v) is 6.89. The average Bonchev–Trinajstić information content (AvgIpc) is 2.96. The van der Waals surface area contributed by atoms with Gasteiger partial charge in [0.15, 0.2) is 0 Å². The number of amides is 1. The van der Waals surface area contributed by atoms with Crippen LogP contribution in [0.15, 0.2) is 36.5 Å². The van der Waals surface area contributed by atoms with E-state index in [2.05, 4.69) is 27.5 Å². The second-order valence-electron chi connectivity index (χ2n) is 6.89. The molecular formula is C20H25N5O. The van der Waals surface area contributed by atoms with Crippen LogP contribution in [0.3, 0.4) is 0 Å². The lowest BCUT2D eigenvalue weighted by Gasteiger charge is -2.09. The first-order valence-corrected chi connectivity index (χ1v) is 8.85. The van der Waals surface area contributed by atoms with E-state index in [1.807, 2.05) is 61.7 Å². The Hall–Kier alpha value is -2.89. The molecule has 3 rings (SSSR count). The largest absolute Gasteiger partial charge is 0.379 e. The molecule has 26 heavy (non-hydrogen) atoms. The molecule has 6 heteroatoms. The van der Waals surface area contributed by atoms with Gasteiger partial charge in [-0.05, 0) is 51.5 Å². The van der Waals surface area contributed by atoms with Crippen molar-refractivity contribution >= 4 is 17.4 Å². The molecule has 2 heterocycles. The van der Waals surface area contributed by atoms with Crippen LogP contribution in [-0.4, -0.2) is 26.3 Å². The molecule has 0 saturated carbocycles. The molecule has 2 aromatic heterocycles. The predicted octanol–water partition coefficient (Wildman–Crippen LogP) is 3.03. The van der Waals surface area contributed by atoms with Gasteiger partial charge in [-0.25, -0.2) is 9.97 Å². The molecule has 0 spiro atoms. The summed E-state index contributed by atoms with van der Waals surface area (Å²) in [5.41, 5.74) is 5.02. The maximum Gasteiger partial charge on any atom is 0.234 e. The van der Waals surface area contributed by atoms with Crippen molar-refractivity contribution in [3.05, 3.63) is 59.2 Å². The predicted molar refractivity (Wildman–Crippen MR) is 103 cm³/mol. The van der Waals surface area contributed by atoms with Crippen LogP contribution in [0.2, 0.25) is 0 Å². The lowest BCUT2D eigenvalue weighted by molar-refractivity contribution is -0.120. The molecule has 0 aliphatic heterocycles. The zero-order chi connectivity index (χ0) is 18.7. The fraction of sp³-hybridized carbons (Fsp3) is 0.350. The van der Waals surface area contributed by atoms with Crippen molar-refractivity contribution in [2.24, 2.45) is 0 Å². The van der Waals surface area contributed by atoms with E-state index >= 15 is 0 Å². The Bertz CT molecular complexity index is 912. The summed E-state index contributed by atoms with van der Waals surface area (Å²) in [6, 6.07) is 10.1. The van der Waals surface area contributed by atoms with Gasteiger partial charge >= 0.3 is 0 Å². The number of anilines is 1. The first-order chi connectivity index (χ1) is 12.4. The number of carbonyl (C=O) groups excluding carboxylic acids is 1. The van der Waals surface area contributed by atoms with Crippen molar-refractivity contribution < 1.29 is 4.79 Å². The van der Waals surface area contributed by atoms with Crippen LogP contribution in [-0.2, 0) is 17.8 Å². The van der Waals surface area contributed by atoms with E-state index in [0.717, 1.165) is 34.1 Å². The number of hydrogen-bond donors (Lipinski definition) is 2. The number of fused-ring (bicyclic) bond motifs is 1. The standard InChI is InChI=1S/C20H25N5O/c1-13(2)22-19(26)10-16-5-7-17(8-6-16)21-11-18-12-25-15(4)9-14(3)23-20(25)24-18/h5-9,12-13,21H,10-11H2,1-4H3,(H,22,26). The summed E-state index contributed by atoms with van der Waals surface area (Å²) in [7, 11) is 0. The molecule has 0 unspecified atom stereocenters. The van der Waals surface area contributed by atoms with Gasteiger partial charge in [0.1, 0.15) is 0 Å². The number of hydrogen-bond acceptors (Lipinski definition) is 4. The van der Waals surface area contributed by atoms with Crippen molar-refractivity contribution in [2.45, 2.75) is 46.7 Å². The van der Waals surface area contributed by atoms with Gasteiger partial charge in [0, 0.05) is 29.3 Å².